The Labute approximate surface area is 109 Å². The molecule has 1 saturated carbocycles. The number of amides is 1. The largest absolute Gasteiger partial charge is 0.382 e. The summed E-state index contributed by atoms with van der Waals surface area (Å²) in [5.41, 5.74) is 1.84. The molecule has 3 nitrogen and oxygen atoms in total. The molecule has 0 aliphatic heterocycles. The average molecular weight is 246 g/mol. The molecule has 1 aliphatic carbocycles. The maximum Gasteiger partial charge on any atom is 0.251 e. The van der Waals surface area contributed by atoms with E-state index in [1.165, 1.54) is 12.8 Å². The molecule has 2 N–H and O–H groups in total. The van der Waals surface area contributed by atoms with Crippen LogP contribution in [0.15, 0.2) is 24.3 Å². The third-order valence-electron chi connectivity index (χ3n) is 3.47. The number of carbonyl (C=O) groups excluding carboxylic acids is 1. The van der Waals surface area contributed by atoms with Gasteiger partial charge in [0.25, 0.3) is 5.91 Å². The van der Waals surface area contributed by atoms with Gasteiger partial charge in [0.2, 0.25) is 0 Å². The Morgan fingerprint density at radius 3 is 2.44 bits per heavy atom. The van der Waals surface area contributed by atoms with Crippen molar-refractivity contribution in [3.05, 3.63) is 29.8 Å². The minimum absolute atomic E-state index is 0.00159. The van der Waals surface area contributed by atoms with Crippen molar-refractivity contribution in [3.63, 3.8) is 0 Å². The average Bonchev–Trinajstić information content (AvgIpc) is 3.21. The van der Waals surface area contributed by atoms with Crippen LogP contribution < -0.4 is 10.6 Å². The maximum atomic E-state index is 11.6. The van der Waals surface area contributed by atoms with Crippen LogP contribution in [0, 0.1) is 5.92 Å². The molecule has 3 heteroatoms. The molecule has 0 bridgehead atoms. The normalized spacial score (nSPS) is 16.1. The van der Waals surface area contributed by atoms with Gasteiger partial charge in [-0.2, -0.15) is 0 Å². The lowest BCUT2D eigenvalue weighted by Gasteiger charge is -2.17. The van der Waals surface area contributed by atoms with Gasteiger partial charge in [0.1, 0.15) is 0 Å². The Morgan fingerprint density at radius 1 is 1.28 bits per heavy atom. The zero-order valence-corrected chi connectivity index (χ0v) is 11.2. The number of nitrogens with one attached hydrogen (secondary N) is 2. The third-order valence-corrected chi connectivity index (χ3v) is 3.47. The predicted molar refractivity (Wildman–Crippen MR) is 74.9 cm³/mol. The summed E-state index contributed by atoms with van der Waals surface area (Å²) in [6.45, 7) is 4.81. The molecule has 1 unspecified atom stereocenters. The summed E-state index contributed by atoms with van der Waals surface area (Å²) in [5.74, 6) is 0.844. The Hall–Kier alpha value is -1.51. The monoisotopic (exact) mass is 246 g/mol. The number of carbonyl (C=O) groups is 1. The lowest BCUT2D eigenvalue weighted by molar-refractivity contribution is 0.0956. The van der Waals surface area contributed by atoms with Crippen molar-refractivity contribution in [2.75, 3.05) is 11.9 Å². The second-order valence-electron chi connectivity index (χ2n) is 4.93. The fourth-order valence-corrected chi connectivity index (χ4v) is 2.25. The smallest absolute Gasteiger partial charge is 0.251 e. The molecule has 1 aromatic rings. The van der Waals surface area contributed by atoms with Crippen molar-refractivity contribution in [2.45, 2.75) is 39.2 Å². The topological polar surface area (TPSA) is 41.1 Å². The Bertz CT molecular complexity index is 395. The van der Waals surface area contributed by atoms with Gasteiger partial charge in [-0.1, -0.05) is 6.92 Å². The van der Waals surface area contributed by atoms with E-state index in [0.29, 0.717) is 12.6 Å². The second kappa shape index (κ2) is 5.89. The van der Waals surface area contributed by atoms with Crippen LogP contribution in [0.25, 0.3) is 0 Å². The molecule has 1 amide bonds. The Kier molecular flexibility index (Phi) is 4.24. The van der Waals surface area contributed by atoms with Gasteiger partial charge in [-0.15, -0.1) is 0 Å². The van der Waals surface area contributed by atoms with Gasteiger partial charge in [0, 0.05) is 23.8 Å². The van der Waals surface area contributed by atoms with Gasteiger partial charge in [-0.25, -0.2) is 0 Å². The van der Waals surface area contributed by atoms with Gasteiger partial charge >= 0.3 is 0 Å². The number of benzene rings is 1. The minimum atomic E-state index is -0.00159. The number of hydrogen-bond acceptors (Lipinski definition) is 2. The number of rotatable bonds is 6. The first-order valence-corrected chi connectivity index (χ1v) is 6.89. The van der Waals surface area contributed by atoms with Crippen molar-refractivity contribution >= 4 is 11.6 Å². The van der Waals surface area contributed by atoms with E-state index < -0.39 is 0 Å². The highest BCUT2D eigenvalue weighted by atomic mass is 16.1. The van der Waals surface area contributed by atoms with E-state index in [1.807, 2.05) is 31.2 Å². The summed E-state index contributed by atoms with van der Waals surface area (Å²) < 4.78 is 0. The zero-order valence-electron chi connectivity index (χ0n) is 11.2. The van der Waals surface area contributed by atoms with Crippen LogP contribution in [0.1, 0.15) is 43.5 Å². The first kappa shape index (κ1) is 12.9. The standard InChI is InChI=1S/C15H22N2O/c1-3-14(11-5-6-11)17-13-9-7-12(8-10-13)15(18)16-4-2/h7-11,14,17H,3-6H2,1-2H3,(H,16,18). The van der Waals surface area contributed by atoms with Crippen LogP contribution in [0.4, 0.5) is 5.69 Å². The summed E-state index contributed by atoms with van der Waals surface area (Å²) in [7, 11) is 0. The highest BCUT2D eigenvalue weighted by Gasteiger charge is 2.29. The molecular weight excluding hydrogens is 224 g/mol. The van der Waals surface area contributed by atoms with E-state index in [1.54, 1.807) is 0 Å². The summed E-state index contributed by atoms with van der Waals surface area (Å²) in [4.78, 5) is 11.6. The molecule has 0 heterocycles. The van der Waals surface area contributed by atoms with Crippen molar-refractivity contribution < 1.29 is 4.79 Å². The van der Waals surface area contributed by atoms with Gasteiger partial charge in [0.15, 0.2) is 0 Å². The van der Waals surface area contributed by atoms with Crippen LogP contribution in [0.2, 0.25) is 0 Å². The van der Waals surface area contributed by atoms with Crippen LogP contribution in [-0.2, 0) is 0 Å². The lowest BCUT2D eigenvalue weighted by atomic mass is 10.1. The maximum absolute atomic E-state index is 11.6. The van der Waals surface area contributed by atoms with Crippen LogP contribution in [-0.4, -0.2) is 18.5 Å². The van der Waals surface area contributed by atoms with E-state index in [0.717, 1.165) is 23.6 Å². The summed E-state index contributed by atoms with van der Waals surface area (Å²) >= 11 is 0. The first-order chi connectivity index (χ1) is 8.74. The molecule has 0 radical (unpaired) electrons. The molecule has 18 heavy (non-hydrogen) atoms. The molecule has 98 valence electrons. The molecule has 0 saturated heterocycles. The number of anilines is 1. The van der Waals surface area contributed by atoms with E-state index in [2.05, 4.69) is 17.6 Å². The fraction of sp³-hybridized carbons (Fsp3) is 0.533. The van der Waals surface area contributed by atoms with Crippen molar-refractivity contribution in [3.8, 4) is 0 Å². The highest BCUT2D eigenvalue weighted by molar-refractivity contribution is 5.94. The first-order valence-electron chi connectivity index (χ1n) is 6.89. The van der Waals surface area contributed by atoms with Gasteiger partial charge in [0.05, 0.1) is 0 Å². The quantitative estimate of drug-likeness (QED) is 0.810. The van der Waals surface area contributed by atoms with Crippen LogP contribution in [0.3, 0.4) is 0 Å². The van der Waals surface area contributed by atoms with Gasteiger partial charge in [-0.05, 0) is 56.4 Å². The van der Waals surface area contributed by atoms with E-state index in [-0.39, 0.29) is 5.91 Å². The second-order valence-corrected chi connectivity index (χ2v) is 4.93. The Balaban J connectivity index is 1.96. The Morgan fingerprint density at radius 2 is 1.94 bits per heavy atom. The molecule has 0 spiro atoms. The van der Waals surface area contributed by atoms with E-state index >= 15 is 0 Å². The highest BCUT2D eigenvalue weighted by Crippen LogP contribution is 2.35. The van der Waals surface area contributed by atoms with Crippen molar-refractivity contribution in [1.82, 2.24) is 5.32 Å². The molecular formula is C15H22N2O. The van der Waals surface area contributed by atoms with Crippen molar-refractivity contribution in [1.29, 1.82) is 0 Å². The van der Waals surface area contributed by atoms with E-state index in [4.69, 9.17) is 0 Å². The van der Waals surface area contributed by atoms with Crippen LogP contribution >= 0.6 is 0 Å². The summed E-state index contributed by atoms with van der Waals surface area (Å²) in [6, 6.07) is 8.34. The molecule has 2 rings (SSSR count). The van der Waals surface area contributed by atoms with Gasteiger partial charge in [-0.3, -0.25) is 4.79 Å². The summed E-state index contributed by atoms with van der Waals surface area (Å²) in [5, 5.41) is 6.36. The molecule has 0 aromatic heterocycles. The van der Waals surface area contributed by atoms with Crippen molar-refractivity contribution in [2.24, 2.45) is 5.92 Å². The van der Waals surface area contributed by atoms with E-state index in [9.17, 15) is 4.79 Å². The van der Waals surface area contributed by atoms with Crippen LogP contribution in [0.5, 0.6) is 0 Å². The fourth-order valence-electron chi connectivity index (χ4n) is 2.25. The molecule has 1 fully saturated rings. The molecule has 1 atom stereocenters. The SMILES string of the molecule is CCNC(=O)c1ccc(NC(CC)C2CC2)cc1. The zero-order chi connectivity index (χ0) is 13.0. The molecule has 1 aliphatic rings. The lowest BCUT2D eigenvalue weighted by Crippen LogP contribution is -2.23. The number of hydrogen-bond donors (Lipinski definition) is 2. The van der Waals surface area contributed by atoms with Gasteiger partial charge < -0.3 is 10.6 Å². The molecule has 1 aromatic carbocycles. The third kappa shape index (κ3) is 3.25. The predicted octanol–water partition coefficient (Wildman–Crippen LogP) is 3.04. The summed E-state index contributed by atoms with van der Waals surface area (Å²) in [6.07, 6.45) is 3.85. The minimum Gasteiger partial charge on any atom is -0.382 e.